The number of carbonyl (C=O) groups is 1. The molecule has 2 atom stereocenters. The van der Waals surface area contributed by atoms with Crippen molar-refractivity contribution in [2.24, 2.45) is 23.5 Å². The van der Waals surface area contributed by atoms with Gasteiger partial charge >= 0.3 is 0 Å². The van der Waals surface area contributed by atoms with Crippen molar-refractivity contribution in [1.29, 1.82) is 0 Å². The predicted octanol–water partition coefficient (Wildman–Crippen LogP) is 2.18. The molecule has 2 heterocycles. The molecule has 3 fully saturated rings. The molecule has 3 aliphatic rings. The van der Waals surface area contributed by atoms with E-state index in [9.17, 15) is 4.79 Å². The number of carbonyl (C=O) groups excluding carboxylic acids is 1. The molecule has 2 unspecified atom stereocenters. The summed E-state index contributed by atoms with van der Waals surface area (Å²) in [5.74, 6) is 1.88. The highest BCUT2D eigenvalue weighted by Crippen LogP contribution is 2.32. The van der Waals surface area contributed by atoms with Crippen LogP contribution in [0.5, 0.6) is 0 Å². The Kier molecular flexibility index (Phi) is 6.17. The molecule has 0 bridgehead atoms. The molecule has 2 N–H and O–H groups in total. The van der Waals surface area contributed by atoms with Crippen LogP contribution in [-0.4, -0.2) is 55.4 Å². The fraction of sp³-hybridized carbons (Fsp3) is 0.947. The van der Waals surface area contributed by atoms with Crippen LogP contribution in [0, 0.1) is 17.8 Å². The summed E-state index contributed by atoms with van der Waals surface area (Å²) >= 11 is 0. The second-order valence-corrected chi connectivity index (χ2v) is 8.25. The lowest BCUT2D eigenvalue weighted by Gasteiger charge is -2.43. The lowest BCUT2D eigenvalue weighted by Crippen LogP contribution is -2.59. The molecule has 24 heavy (non-hydrogen) atoms. The van der Waals surface area contributed by atoms with Gasteiger partial charge in [-0.25, -0.2) is 0 Å². The molecule has 0 spiro atoms. The van der Waals surface area contributed by atoms with Gasteiger partial charge in [-0.1, -0.05) is 13.8 Å². The summed E-state index contributed by atoms with van der Waals surface area (Å²) in [5, 5.41) is 0. The molecule has 1 amide bonds. The second-order valence-electron chi connectivity index (χ2n) is 8.25. The summed E-state index contributed by atoms with van der Waals surface area (Å²) in [4.78, 5) is 14.6. The van der Waals surface area contributed by atoms with Crippen LogP contribution < -0.4 is 5.73 Å². The number of ether oxygens (including phenoxy) is 2. The summed E-state index contributed by atoms with van der Waals surface area (Å²) in [5.41, 5.74) is 6.34. The highest BCUT2D eigenvalue weighted by molar-refractivity contribution is 5.80. The highest BCUT2D eigenvalue weighted by atomic mass is 16.5. The van der Waals surface area contributed by atoms with Crippen molar-refractivity contribution in [2.45, 2.75) is 70.6 Å². The van der Waals surface area contributed by atoms with Gasteiger partial charge in [0.25, 0.3) is 0 Å². The molecule has 2 saturated heterocycles. The van der Waals surface area contributed by atoms with Gasteiger partial charge in [0.15, 0.2) is 0 Å². The molecule has 5 nitrogen and oxygen atoms in total. The second kappa shape index (κ2) is 8.15. The lowest BCUT2D eigenvalue weighted by molar-refractivity contribution is -0.156. The Balaban J connectivity index is 1.50. The predicted molar refractivity (Wildman–Crippen MR) is 93.6 cm³/mol. The van der Waals surface area contributed by atoms with Crippen molar-refractivity contribution in [3.05, 3.63) is 0 Å². The van der Waals surface area contributed by atoms with E-state index in [1.165, 1.54) is 12.8 Å². The van der Waals surface area contributed by atoms with Crippen molar-refractivity contribution in [1.82, 2.24) is 4.90 Å². The Labute approximate surface area is 146 Å². The van der Waals surface area contributed by atoms with Gasteiger partial charge in [0.1, 0.15) is 0 Å². The van der Waals surface area contributed by atoms with Crippen LogP contribution in [0.1, 0.15) is 52.4 Å². The minimum atomic E-state index is 0.0367. The average Bonchev–Trinajstić information content (AvgIpc) is 2.52. The van der Waals surface area contributed by atoms with Crippen molar-refractivity contribution in [3.8, 4) is 0 Å². The normalized spacial score (nSPS) is 35.1. The average molecular weight is 338 g/mol. The summed E-state index contributed by atoms with van der Waals surface area (Å²) in [6, 6.07) is 0.0744. The molecular weight excluding hydrogens is 304 g/mol. The number of amides is 1. The third kappa shape index (κ3) is 4.12. The fourth-order valence-corrected chi connectivity index (χ4v) is 4.34. The summed E-state index contributed by atoms with van der Waals surface area (Å²) in [6.45, 7) is 7.18. The Morgan fingerprint density at radius 3 is 2.50 bits per heavy atom. The van der Waals surface area contributed by atoms with Gasteiger partial charge in [0.05, 0.1) is 37.9 Å². The minimum absolute atomic E-state index is 0.0367. The number of rotatable bonds is 5. The van der Waals surface area contributed by atoms with E-state index >= 15 is 0 Å². The van der Waals surface area contributed by atoms with E-state index in [1.807, 2.05) is 4.90 Å². The lowest BCUT2D eigenvalue weighted by atomic mass is 9.80. The highest BCUT2D eigenvalue weighted by Gasteiger charge is 2.38. The Bertz CT molecular complexity index is 417. The van der Waals surface area contributed by atoms with Gasteiger partial charge in [0.2, 0.25) is 5.91 Å². The van der Waals surface area contributed by atoms with Gasteiger partial charge in [-0.05, 0) is 50.4 Å². The number of hydrogen-bond donors (Lipinski definition) is 1. The maximum atomic E-state index is 12.6. The van der Waals surface area contributed by atoms with E-state index in [0.717, 1.165) is 44.1 Å². The first-order chi connectivity index (χ1) is 11.6. The fourth-order valence-electron chi connectivity index (χ4n) is 4.34. The van der Waals surface area contributed by atoms with Crippen molar-refractivity contribution >= 4 is 5.91 Å². The van der Waals surface area contributed by atoms with Gasteiger partial charge < -0.3 is 20.1 Å². The first kappa shape index (κ1) is 18.2. The van der Waals surface area contributed by atoms with Crippen LogP contribution in [0.4, 0.5) is 0 Å². The van der Waals surface area contributed by atoms with Crippen molar-refractivity contribution < 1.29 is 14.3 Å². The first-order valence-corrected chi connectivity index (χ1v) is 9.81. The smallest absolute Gasteiger partial charge is 0.230 e. The van der Waals surface area contributed by atoms with E-state index in [2.05, 4.69) is 13.8 Å². The minimum Gasteiger partial charge on any atom is -0.380 e. The molecule has 1 aliphatic carbocycles. The molecule has 0 radical (unpaired) electrons. The quantitative estimate of drug-likeness (QED) is 0.834. The maximum absolute atomic E-state index is 12.6. The molecule has 1 saturated carbocycles. The van der Waals surface area contributed by atoms with E-state index in [1.54, 1.807) is 0 Å². The topological polar surface area (TPSA) is 64.8 Å². The van der Waals surface area contributed by atoms with Crippen LogP contribution in [0.25, 0.3) is 0 Å². The van der Waals surface area contributed by atoms with Gasteiger partial charge in [0, 0.05) is 12.6 Å². The van der Waals surface area contributed by atoms with Crippen LogP contribution in [0.3, 0.4) is 0 Å². The third-order valence-corrected chi connectivity index (χ3v) is 6.27. The van der Waals surface area contributed by atoms with Gasteiger partial charge in [-0.2, -0.15) is 0 Å². The molecular formula is C19H34N2O3. The largest absolute Gasteiger partial charge is 0.380 e. The van der Waals surface area contributed by atoms with Gasteiger partial charge in [-0.3, -0.25) is 4.79 Å². The Hall–Kier alpha value is -0.650. The van der Waals surface area contributed by atoms with E-state index in [4.69, 9.17) is 15.2 Å². The van der Waals surface area contributed by atoms with Crippen LogP contribution in [0.15, 0.2) is 0 Å². The standard InChI is InChI=1S/C19H34N2O3/c1-13(2)14-5-7-16(8-6-14)24-12-18-17(20)4-3-9-21(18)19(22)15-10-23-11-15/h13-18H,3-12,20H2,1-2H3. The number of nitrogens with two attached hydrogens (primary N) is 1. The number of hydrogen-bond acceptors (Lipinski definition) is 4. The summed E-state index contributed by atoms with van der Waals surface area (Å²) < 4.78 is 11.4. The monoisotopic (exact) mass is 338 g/mol. The number of likely N-dealkylation sites (tertiary alicyclic amines) is 1. The first-order valence-electron chi connectivity index (χ1n) is 9.81. The zero-order valence-corrected chi connectivity index (χ0v) is 15.3. The zero-order valence-electron chi connectivity index (χ0n) is 15.3. The third-order valence-electron chi connectivity index (χ3n) is 6.27. The Morgan fingerprint density at radius 1 is 1.21 bits per heavy atom. The SMILES string of the molecule is CC(C)C1CCC(OCC2C(N)CCCN2C(=O)C2COC2)CC1. The van der Waals surface area contributed by atoms with Crippen LogP contribution >= 0.6 is 0 Å². The van der Waals surface area contributed by atoms with E-state index < -0.39 is 0 Å². The summed E-state index contributed by atoms with van der Waals surface area (Å²) in [6.07, 6.45) is 7.15. The maximum Gasteiger partial charge on any atom is 0.230 e. The Morgan fingerprint density at radius 2 is 1.92 bits per heavy atom. The molecule has 0 aromatic rings. The van der Waals surface area contributed by atoms with Crippen LogP contribution in [0.2, 0.25) is 0 Å². The van der Waals surface area contributed by atoms with Crippen molar-refractivity contribution in [2.75, 3.05) is 26.4 Å². The number of piperidine rings is 1. The number of nitrogens with zero attached hydrogens (tertiary/aromatic N) is 1. The molecule has 5 heteroatoms. The molecule has 138 valence electrons. The molecule has 3 rings (SSSR count). The van der Waals surface area contributed by atoms with Crippen molar-refractivity contribution in [3.63, 3.8) is 0 Å². The summed E-state index contributed by atoms with van der Waals surface area (Å²) in [7, 11) is 0. The van der Waals surface area contributed by atoms with Gasteiger partial charge in [-0.15, -0.1) is 0 Å². The molecule has 2 aliphatic heterocycles. The zero-order chi connectivity index (χ0) is 17.1. The molecule has 0 aromatic heterocycles. The van der Waals surface area contributed by atoms with E-state index in [-0.39, 0.29) is 23.9 Å². The van der Waals surface area contributed by atoms with E-state index in [0.29, 0.717) is 25.9 Å². The van der Waals surface area contributed by atoms with Crippen LogP contribution in [-0.2, 0) is 14.3 Å². The molecule has 0 aromatic carbocycles.